The molecule has 2 unspecified atom stereocenters. The number of para-hydroxylation sites is 1. The molecule has 3 aromatic rings. The minimum atomic E-state index is 0.259. The van der Waals surface area contributed by atoms with Crippen LogP contribution < -0.4 is 10.6 Å². The third-order valence-corrected chi connectivity index (χ3v) is 6.24. The highest BCUT2D eigenvalue weighted by atomic mass is 32.1. The highest BCUT2D eigenvalue weighted by molar-refractivity contribution is 7.21. The van der Waals surface area contributed by atoms with Gasteiger partial charge in [0.2, 0.25) is 5.95 Å². The molecule has 4 rings (SSSR count). The largest absolute Gasteiger partial charge is 0.396 e. The van der Waals surface area contributed by atoms with Crippen LogP contribution >= 0.6 is 11.3 Å². The Kier molecular flexibility index (Phi) is 5.22. The first-order chi connectivity index (χ1) is 13.2. The molecule has 142 valence electrons. The van der Waals surface area contributed by atoms with Crippen LogP contribution in [-0.4, -0.2) is 39.8 Å². The Morgan fingerprint density at radius 1 is 1.19 bits per heavy atom. The van der Waals surface area contributed by atoms with E-state index in [0.29, 0.717) is 17.9 Å². The normalized spacial score (nSPS) is 19.5. The first kappa shape index (κ1) is 18.1. The molecule has 0 spiro atoms. The van der Waals surface area contributed by atoms with Gasteiger partial charge >= 0.3 is 0 Å². The second-order valence-corrected chi connectivity index (χ2v) is 8.04. The van der Waals surface area contributed by atoms with Crippen molar-refractivity contribution in [3.8, 4) is 10.6 Å². The number of thiazole rings is 1. The minimum absolute atomic E-state index is 0.259. The second kappa shape index (κ2) is 7.78. The number of aliphatic hydroxyl groups is 1. The van der Waals surface area contributed by atoms with Crippen molar-refractivity contribution in [1.82, 2.24) is 15.0 Å². The number of aryl methyl sites for hydroxylation is 1. The Bertz CT molecular complexity index is 908. The smallest absolute Gasteiger partial charge is 0.224 e. The summed E-state index contributed by atoms with van der Waals surface area (Å²) in [4.78, 5) is 14.3. The summed E-state index contributed by atoms with van der Waals surface area (Å²) in [7, 11) is 1.84. The van der Waals surface area contributed by atoms with Gasteiger partial charge in [-0.05, 0) is 43.7 Å². The van der Waals surface area contributed by atoms with Gasteiger partial charge in [0, 0.05) is 19.7 Å². The lowest BCUT2D eigenvalue weighted by molar-refractivity contribution is 0.229. The van der Waals surface area contributed by atoms with Gasteiger partial charge in [-0.1, -0.05) is 19.1 Å². The Morgan fingerprint density at radius 2 is 2.04 bits per heavy atom. The standard InChI is InChI=1S/C20H25N5OS/c1-3-14-17(19-23-15-6-4-5-7-16(15)27-19)18(25-20(21-2)24-14)22-13-9-8-12(10-13)11-26/h4-7,12-13,26H,3,8-11H2,1-2H3,(H2,21,22,24,25). The highest BCUT2D eigenvalue weighted by Crippen LogP contribution is 2.38. The van der Waals surface area contributed by atoms with Crippen LogP contribution in [0.25, 0.3) is 20.8 Å². The van der Waals surface area contributed by atoms with Crippen LogP contribution in [-0.2, 0) is 6.42 Å². The molecule has 0 bridgehead atoms. The van der Waals surface area contributed by atoms with Crippen molar-refractivity contribution in [2.24, 2.45) is 5.92 Å². The van der Waals surface area contributed by atoms with Crippen LogP contribution in [0.3, 0.4) is 0 Å². The van der Waals surface area contributed by atoms with Crippen LogP contribution in [0.15, 0.2) is 24.3 Å². The summed E-state index contributed by atoms with van der Waals surface area (Å²) < 4.78 is 1.17. The number of nitrogens with zero attached hydrogens (tertiary/aromatic N) is 3. The van der Waals surface area contributed by atoms with E-state index in [1.54, 1.807) is 11.3 Å². The van der Waals surface area contributed by atoms with Crippen molar-refractivity contribution in [3.05, 3.63) is 30.0 Å². The number of anilines is 2. The van der Waals surface area contributed by atoms with E-state index in [1.807, 2.05) is 25.2 Å². The Balaban J connectivity index is 1.78. The maximum atomic E-state index is 9.46. The summed E-state index contributed by atoms with van der Waals surface area (Å²) in [5, 5.41) is 17.1. The van der Waals surface area contributed by atoms with Crippen LogP contribution in [0, 0.1) is 5.92 Å². The highest BCUT2D eigenvalue weighted by Gasteiger charge is 2.27. The van der Waals surface area contributed by atoms with Gasteiger partial charge < -0.3 is 15.7 Å². The average Bonchev–Trinajstić information content (AvgIpc) is 3.33. The van der Waals surface area contributed by atoms with E-state index in [2.05, 4.69) is 28.6 Å². The van der Waals surface area contributed by atoms with Crippen molar-refractivity contribution < 1.29 is 5.11 Å². The number of hydrogen-bond donors (Lipinski definition) is 3. The van der Waals surface area contributed by atoms with E-state index in [-0.39, 0.29) is 6.61 Å². The van der Waals surface area contributed by atoms with E-state index >= 15 is 0 Å². The third-order valence-electron chi connectivity index (χ3n) is 5.19. The Labute approximate surface area is 163 Å². The van der Waals surface area contributed by atoms with Gasteiger partial charge in [-0.3, -0.25) is 0 Å². The molecule has 1 aliphatic rings. The molecule has 1 aromatic carbocycles. The molecule has 0 amide bonds. The lowest BCUT2D eigenvalue weighted by atomic mass is 10.1. The second-order valence-electron chi connectivity index (χ2n) is 7.01. The zero-order valence-corrected chi connectivity index (χ0v) is 16.5. The van der Waals surface area contributed by atoms with Gasteiger partial charge in [0.15, 0.2) is 0 Å². The van der Waals surface area contributed by atoms with Crippen molar-refractivity contribution >= 4 is 33.3 Å². The molecule has 2 aromatic heterocycles. The predicted molar refractivity (Wildman–Crippen MR) is 111 cm³/mol. The van der Waals surface area contributed by atoms with Crippen molar-refractivity contribution in [3.63, 3.8) is 0 Å². The Hall–Kier alpha value is -2.25. The topological polar surface area (TPSA) is 83.0 Å². The van der Waals surface area contributed by atoms with Crippen molar-refractivity contribution in [2.45, 2.75) is 38.6 Å². The fraction of sp³-hybridized carbons (Fsp3) is 0.450. The average molecular weight is 384 g/mol. The van der Waals surface area contributed by atoms with Gasteiger partial charge in [0.1, 0.15) is 10.8 Å². The molecule has 2 atom stereocenters. The molecular weight excluding hydrogens is 358 g/mol. The molecule has 0 saturated heterocycles. The number of benzene rings is 1. The molecule has 1 aliphatic carbocycles. The summed E-state index contributed by atoms with van der Waals surface area (Å²) in [6.45, 7) is 2.37. The van der Waals surface area contributed by atoms with Gasteiger partial charge in [0.05, 0.1) is 21.5 Å². The van der Waals surface area contributed by atoms with E-state index in [0.717, 1.165) is 53.3 Å². The lowest BCUT2D eigenvalue weighted by Gasteiger charge is -2.18. The number of hydrogen-bond acceptors (Lipinski definition) is 7. The fourth-order valence-corrected chi connectivity index (χ4v) is 4.78. The summed E-state index contributed by atoms with van der Waals surface area (Å²) in [6.07, 6.45) is 3.87. The summed E-state index contributed by atoms with van der Waals surface area (Å²) in [6, 6.07) is 8.51. The van der Waals surface area contributed by atoms with Gasteiger partial charge in [-0.25, -0.2) is 9.97 Å². The molecule has 6 nitrogen and oxygen atoms in total. The zero-order valence-electron chi connectivity index (χ0n) is 15.7. The Morgan fingerprint density at radius 3 is 2.74 bits per heavy atom. The molecular formula is C20H25N5OS. The number of aromatic nitrogens is 3. The molecule has 27 heavy (non-hydrogen) atoms. The molecule has 1 saturated carbocycles. The number of rotatable bonds is 6. The van der Waals surface area contributed by atoms with Crippen LogP contribution in [0.1, 0.15) is 31.9 Å². The monoisotopic (exact) mass is 383 g/mol. The van der Waals surface area contributed by atoms with Crippen LogP contribution in [0.5, 0.6) is 0 Å². The van der Waals surface area contributed by atoms with E-state index in [4.69, 9.17) is 9.97 Å². The first-order valence-electron chi connectivity index (χ1n) is 9.53. The number of nitrogens with one attached hydrogen (secondary N) is 2. The van der Waals surface area contributed by atoms with Gasteiger partial charge in [0.25, 0.3) is 0 Å². The SMILES string of the molecule is CCc1nc(NC)nc(NC2CCC(CO)C2)c1-c1nc2ccccc2s1. The zero-order chi connectivity index (χ0) is 18.8. The molecule has 7 heteroatoms. The summed E-state index contributed by atoms with van der Waals surface area (Å²) in [5.41, 5.74) is 3.00. The lowest BCUT2D eigenvalue weighted by Crippen LogP contribution is -2.19. The van der Waals surface area contributed by atoms with Crippen LogP contribution in [0.2, 0.25) is 0 Å². The van der Waals surface area contributed by atoms with Gasteiger partial charge in [-0.15, -0.1) is 11.3 Å². The number of fused-ring (bicyclic) bond motifs is 1. The first-order valence-corrected chi connectivity index (χ1v) is 10.4. The van der Waals surface area contributed by atoms with E-state index < -0.39 is 0 Å². The van der Waals surface area contributed by atoms with Crippen LogP contribution in [0.4, 0.5) is 11.8 Å². The molecule has 3 N–H and O–H groups in total. The quantitative estimate of drug-likeness (QED) is 0.598. The summed E-state index contributed by atoms with van der Waals surface area (Å²) >= 11 is 1.68. The molecule has 1 fully saturated rings. The van der Waals surface area contributed by atoms with Gasteiger partial charge in [-0.2, -0.15) is 4.98 Å². The van der Waals surface area contributed by atoms with E-state index in [1.165, 1.54) is 4.70 Å². The third kappa shape index (κ3) is 3.61. The molecule has 0 aliphatic heterocycles. The maximum Gasteiger partial charge on any atom is 0.224 e. The van der Waals surface area contributed by atoms with Crippen molar-refractivity contribution in [2.75, 3.05) is 24.3 Å². The van der Waals surface area contributed by atoms with Crippen molar-refractivity contribution in [1.29, 1.82) is 0 Å². The fourth-order valence-electron chi connectivity index (χ4n) is 3.75. The predicted octanol–water partition coefficient (Wildman–Crippen LogP) is 3.93. The summed E-state index contributed by atoms with van der Waals surface area (Å²) in [5.74, 6) is 1.84. The molecule has 0 radical (unpaired) electrons. The maximum absolute atomic E-state index is 9.46. The number of aliphatic hydroxyl groups excluding tert-OH is 1. The molecule has 2 heterocycles. The van der Waals surface area contributed by atoms with E-state index in [9.17, 15) is 5.11 Å². The minimum Gasteiger partial charge on any atom is -0.396 e.